The normalized spacial score (nSPS) is 14.2. The van der Waals surface area contributed by atoms with Gasteiger partial charge in [-0.1, -0.05) is 31.0 Å². The van der Waals surface area contributed by atoms with Crippen LogP contribution in [-0.2, 0) is 11.3 Å². The van der Waals surface area contributed by atoms with Gasteiger partial charge in [0.2, 0.25) is 5.91 Å². The summed E-state index contributed by atoms with van der Waals surface area (Å²) in [6, 6.07) is 17.6. The molecular formula is C29H30N2O4. The Labute approximate surface area is 204 Å². The van der Waals surface area contributed by atoms with E-state index >= 15 is 0 Å². The SMILES string of the molecule is COc1ccc2c(c1)[nH]c1cccc(CN(C(=O)/C=C/c3ccc(O)c(OC)c3)C3CCCC3)c12. The minimum Gasteiger partial charge on any atom is -0.504 e. The molecule has 0 atom stereocenters. The van der Waals surface area contributed by atoms with E-state index in [1.165, 1.54) is 7.11 Å². The molecule has 6 nitrogen and oxygen atoms in total. The first-order chi connectivity index (χ1) is 17.1. The van der Waals surface area contributed by atoms with Gasteiger partial charge in [-0.2, -0.15) is 0 Å². The van der Waals surface area contributed by atoms with Crippen LogP contribution in [0.4, 0.5) is 0 Å². The number of amides is 1. The second kappa shape index (κ2) is 9.74. The highest BCUT2D eigenvalue weighted by atomic mass is 16.5. The Bertz CT molecular complexity index is 1400. The molecule has 0 radical (unpaired) electrons. The molecule has 0 spiro atoms. The second-order valence-corrected chi connectivity index (χ2v) is 9.05. The highest BCUT2D eigenvalue weighted by Crippen LogP contribution is 2.33. The van der Waals surface area contributed by atoms with Crippen LogP contribution in [0.3, 0.4) is 0 Å². The summed E-state index contributed by atoms with van der Waals surface area (Å²) < 4.78 is 10.6. The fourth-order valence-corrected chi connectivity index (χ4v) is 5.12. The molecule has 0 saturated heterocycles. The standard InChI is InChI=1S/C29H30N2O4/c1-34-22-12-13-23-25(17-22)30-24-9-5-6-20(29(23)24)18-31(21-7-3-4-8-21)28(33)15-11-19-10-14-26(32)27(16-19)35-2/h5-6,9-17,21,30,32H,3-4,7-8,18H2,1-2H3/b15-11+. The molecule has 1 aliphatic rings. The number of nitrogens with one attached hydrogen (secondary N) is 1. The largest absolute Gasteiger partial charge is 0.504 e. The molecule has 2 N–H and O–H groups in total. The molecule has 1 aliphatic carbocycles. The highest BCUT2D eigenvalue weighted by molar-refractivity contribution is 6.09. The Hall–Kier alpha value is -3.93. The van der Waals surface area contributed by atoms with E-state index in [1.807, 2.05) is 23.1 Å². The number of aromatic hydroxyl groups is 1. The molecule has 4 aromatic rings. The molecular weight excluding hydrogens is 440 g/mol. The van der Waals surface area contributed by atoms with Crippen molar-refractivity contribution < 1.29 is 19.4 Å². The lowest BCUT2D eigenvalue weighted by molar-refractivity contribution is -0.128. The van der Waals surface area contributed by atoms with Gasteiger partial charge < -0.3 is 24.5 Å². The van der Waals surface area contributed by atoms with Gasteiger partial charge in [-0.15, -0.1) is 0 Å². The van der Waals surface area contributed by atoms with E-state index in [0.717, 1.165) is 64.4 Å². The predicted octanol–water partition coefficient (Wildman–Crippen LogP) is 6.03. The number of H-pyrrole nitrogens is 1. The number of fused-ring (bicyclic) bond motifs is 3. The van der Waals surface area contributed by atoms with Gasteiger partial charge in [-0.25, -0.2) is 0 Å². The van der Waals surface area contributed by atoms with Crippen molar-refractivity contribution in [3.05, 3.63) is 71.8 Å². The third-order valence-corrected chi connectivity index (χ3v) is 6.93. The quantitative estimate of drug-likeness (QED) is 0.324. The summed E-state index contributed by atoms with van der Waals surface area (Å²) in [6.45, 7) is 0.545. The van der Waals surface area contributed by atoms with Gasteiger partial charge in [-0.3, -0.25) is 4.79 Å². The zero-order chi connectivity index (χ0) is 24.4. The third-order valence-electron chi connectivity index (χ3n) is 6.93. The van der Waals surface area contributed by atoms with Gasteiger partial charge in [0.25, 0.3) is 0 Å². The van der Waals surface area contributed by atoms with Crippen LogP contribution < -0.4 is 9.47 Å². The number of ether oxygens (including phenoxy) is 2. The first kappa shape index (κ1) is 22.8. The lowest BCUT2D eigenvalue weighted by atomic mass is 10.0. The topological polar surface area (TPSA) is 74.8 Å². The third kappa shape index (κ3) is 4.56. The van der Waals surface area contributed by atoms with Crippen molar-refractivity contribution in [3.63, 3.8) is 0 Å². The zero-order valence-corrected chi connectivity index (χ0v) is 20.1. The number of aromatic nitrogens is 1. The zero-order valence-electron chi connectivity index (χ0n) is 20.1. The summed E-state index contributed by atoms with van der Waals surface area (Å²) >= 11 is 0. The number of benzene rings is 3. The van der Waals surface area contributed by atoms with Gasteiger partial charge in [0.15, 0.2) is 11.5 Å². The van der Waals surface area contributed by atoms with Gasteiger partial charge >= 0.3 is 0 Å². The molecule has 1 saturated carbocycles. The van der Waals surface area contributed by atoms with Crippen LogP contribution in [0.2, 0.25) is 0 Å². The highest BCUT2D eigenvalue weighted by Gasteiger charge is 2.26. The number of carbonyl (C=O) groups excluding carboxylic acids is 1. The van der Waals surface area contributed by atoms with Crippen LogP contribution in [0, 0.1) is 0 Å². The molecule has 3 aromatic carbocycles. The van der Waals surface area contributed by atoms with Crippen LogP contribution in [0.1, 0.15) is 36.8 Å². The molecule has 1 aromatic heterocycles. The van der Waals surface area contributed by atoms with Crippen molar-refractivity contribution in [1.82, 2.24) is 9.88 Å². The van der Waals surface area contributed by atoms with Gasteiger partial charge in [0, 0.05) is 41.0 Å². The van der Waals surface area contributed by atoms with E-state index < -0.39 is 0 Å². The van der Waals surface area contributed by atoms with E-state index in [1.54, 1.807) is 37.5 Å². The average molecular weight is 471 g/mol. The number of methoxy groups -OCH3 is 2. The van der Waals surface area contributed by atoms with Crippen molar-refractivity contribution in [2.75, 3.05) is 14.2 Å². The Morgan fingerprint density at radius 1 is 1.06 bits per heavy atom. The summed E-state index contributed by atoms with van der Waals surface area (Å²) in [5, 5.41) is 12.1. The summed E-state index contributed by atoms with van der Waals surface area (Å²) in [4.78, 5) is 19.0. The number of hydrogen-bond donors (Lipinski definition) is 2. The van der Waals surface area contributed by atoms with Crippen molar-refractivity contribution in [2.24, 2.45) is 0 Å². The number of nitrogens with zero attached hydrogens (tertiary/aromatic N) is 1. The van der Waals surface area contributed by atoms with Gasteiger partial charge in [0.1, 0.15) is 5.75 Å². The lowest BCUT2D eigenvalue weighted by Crippen LogP contribution is -2.37. The fourth-order valence-electron chi connectivity index (χ4n) is 5.12. The molecule has 1 fully saturated rings. The van der Waals surface area contributed by atoms with Crippen LogP contribution in [0.5, 0.6) is 17.2 Å². The summed E-state index contributed by atoms with van der Waals surface area (Å²) in [5.41, 5.74) is 3.99. The number of aromatic amines is 1. The van der Waals surface area contributed by atoms with E-state index in [0.29, 0.717) is 12.3 Å². The monoisotopic (exact) mass is 470 g/mol. The van der Waals surface area contributed by atoms with Crippen LogP contribution in [-0.4, -0.2) is 41.2 Å². The van der Waals surface area contributed by atoms with Crippen LogP contribution >= 0.6 is 0 Å². The van der Waals surface area contributed by atoms with Crippen LogP contribution in [0.15, 0.2) is 60.7 Å². The second-order valence-electron chi connectivity index (χ2n) is 9.05. The number of phenols is 1. The molecule has 35 heavy (non-hydrogen) atoms. The Kier molecular flexibility index (Phi) is 6.36. The fraction of sp³-hybridized carbons (Fsp3) is 0.276. The molecule has 1 amide bonds. The van der Waals surface area contributed by atoms with Crippen molar-refractivity contribution in [2.45, 2.75) is 38.3 Å². The number of carbonyl (C=O) groups is 1. The molecule has 0 aliphatic heterocycles. The van der Waals surface area contributed by atoms with Crippen LogP contribution in [0.25, 0.3) is 27.9 Å². The average Bonchev–Trinajstić information content (AvgIpc) is 3.54. The van der Waals surface area contributed by atoms with Crippen molar-refractivity contribution >= 4 is 33.8 Å². The number of hydrogen-bond acceptors (Lipinski definition) is 4. The maximum absolute atomic E-state index is 13.5. The number of phenolic OH excluding ortho intramolecular Hbond substituents is 1. The molecule has 1 heterocycles. The lowest BCUT2D eigenvalue weighted by Gasteiger charge is -2.28. The summed E-state index contributed by atoms with van der Waals surface area (Å²) in [7, 11) is 3.18. The smallest absolute Gasteiger partial charge is 0.247 e. The minimum atomic E-state index is -0.0116. The van der Waals surface area contributed by atoms with E-state index in [-0.39, 0.29) is 17.7 Å². The molecule has 0 bridgehead atoms. The molecule has 0 unspecified atom stereocenters. The first-order valence-corrected chi connectivity index (χ1v) is 12.0. The summed E-state index contributed by atoms with van der Waals surface area (Å²) in [5.74, 6) is 1.26. The minimum absolute atomic E-state index is 0.0116. The predicted molar refractivity (Wildman–Crippen MR) is 139 cm³/mol. The Morgan fingerprint density at radius 2 is 1.89 bits per heavy atom. The van der Waals surface area contributed by atoms with E-state index in [2.05, 4.69) is 23.2 Å². The maximum Gasteiger partial charge on any atom is 0.247 e. The Balaban J connectivity index is 1.48. The Morgan fingerprint density at radius 3 is 2.66 bits per heavy atom. The van der Waals surface area contributed by atoms with Crippen molar-refractivity contribution in [1.29, 1.82) is 0 Å². The first-order valence-electron chi connectivity index (χ1n) is 12.0. The molecule has 6 heteroatoms. The maximum atomic E-state index is 13.5. The molecule has 5 rings (SSSR count). The number of rotatable bonds is 7. The van der Waals surface area contributed by atoms with Gasteiger partial charge in [0.05, 0.1) is 19.7 Å². The van der Waals surface area contributed by atoms with Gasteiger partial charge in [-0.05, 0) is 60.4 Å². The van der Waals surface area contributed by atoms with E-state index in [4.69, 9.17) is 9.47 Å². The van der Waals surface area contributed by atoms with Crippen molar-refractivity contribution in [3.8, 4) is 17.2 Å². The molecule has 180 valence electrons. The summed E-state index contributed by atoms with van der Waals surface area (Å²) in [6.07, 6.45) is 7.74. The van der Waals surface area contributed by atoms with E-state index in [9.17, 15) is 9.90 Å².